The molecule has 5 rings (SSSR count). The van der Waals surface area contributed by atoms with E-state index in [0.29, 0.717) is 38.4 Å². The van der Waals surface area contributed by atoms with Gasteiger partial charge in [0.15, 0.2) is 0 Å². The van der Waals surface area contributed by atoms with Gasteiger partial charge >= 0.3 is 5.97 Å². The fourth-order valence-electron chi connectivity index (χ4n) is 4.04. The molecule has 0 fully saturated rings. The van der Waals surface area contributed by atoms with Crippen molar-refractivity contribution in [1.82, 2.24) is 14.5 Å². The molecule has 2 N–H and O–H groups in total. The summed E-state index contributed by atoms with van der Waals surface area (Å²) in [5.41, 5.74) is 2.11. The molecule has 0 radical (unpaired) electrons. The van der Waals surface area contributed by atoms with Crippen LogP contribution in [0.4, 0.5) is 8.78 Å². The predicted octanol–water partition coefficient (Wildman–Crippen LogP) is 7.03. The number of aromatic amines is 1. The molecule has 0 spiro atoms. The highest BCUT2D eigenvalue weighted by molar-refractivity contribution is 6.31. The molecule has 5 aromatic rings. The van der Waals surface area contributed by atoms with Gasteiger partial charge in [-0.3, -0.25) is 0 Å². The Balaban J connectivity index is 1.81. The number of hydrogen-bond donors (Lipinski definition) is 2. The molecule has 0 saturated carbocycles. The van der Waals surface area contributed by atoms with E-state index in [1.54, 1.807) is 18.2 Å². The Labute approximate surface area is 202 Å². The molecule has 5 nitrogen and oxygen atoms in total. The van der Waals surface area contributed by atoms with Crippen molar-refractivity contribution in [2.24, 2.45) is 0 Å². The molecular formula is C25H15Cl2F2N3O2. The Hall–Kier alpha value is -3.68. The number of fused-ring (bicyclic) bond motifs is 1. The maximum absolute atomic E-state index is 14.6. The summed E-state index contributed by atoms with van der Waals surface area (Å²) in [6.07, 6.45) is 1.44. The van der Waals surface area contributed by atoms with Crippen LogP contribution in [0.2, 0.25) is 10.0 Å². The minimum Gasteiger partial charge on any atom is -0.477 e. The van der Waals surface area contributed by atoms with E-state index in [9.17, 15) is 18.7 Å². The number of H-pyrrole nitrogens is 1. The van der Waals surface area contributed by atoms with Gasteiger partial charge < -0.3 is 14.7 Å². The summed E-state index contributed by atoms with van der Waals surface area (Å²) in [5.74, 6) is -2.82. The summed E-state index contributed by atoms with van der Waals surface area (Å²) in [5, 5.41) is 10.9. The van der Waals surface area contributed by atoms with E-state index in [4.69, 9.17) is 23.2 Å². The van der Waals surface area contributed by atoms with Gasteiger partial charge in [0.1, 0.15) is 17.3 Å². The first-order valence-electron chi connectivity index (χ1n) is 10.1. The predicted molar refractivity (Wildman–Crippen MR) is 127 cm³/mol. The molecule has 0 atom stereocenters. The maximum Gasteiger partial charge on any atom is 0.353 e. The summed E-state index contributed by atoms with van der Waals surface area (Å²) in [4.78, 5) is 19.6. The molecule has 3 aromatic carbocycles. The molecule has 0 aliphatic rings. The molecule has 0 aliphatic carbocycles. The fraction of sp³-hybridized carbons (Fsp3) is 0.0400. The van der Waals surface area contributed by atoms with E-state index in [-0.39, 0.29) is 22.8 Å². The van der Waals surface area contributed by atoms with E-state index in [2.05, 4.69) is 9.97 Å². The molecule has 0 aliphatic heterocycles. The molecule has 34 heavy (non-hydrogen) atoms. The van der Waals surface area contributed by atoms with Crippen LogP contribution in [0, 0.1) is 11.6 Å². The van der Waals surface area contributed by atoms with Crippen LogP contribution in [-0.2, 0) is 6.54 Å². The summed E-state index contributed by atoms with van der Waals surface area (Å²) >= 11 is 11.9. The summed E-state index contributed by atoms with van der Waals surface area (Å²) in [7, 11) is 0. The topological polar surface area (TPSA) is 70.9 Å². The van der Waals surface area contributed by atoms with Crippen LogP contribution in [0.15, 0.2) is 67.0 Å². The van der Waals surface area contributed by atoms with Crippen molar-refractivity contribution < 1.29 is 18.7 Å². The molecule has 2 aromatic heterocycles. The molecule has 2 heterocycles. The highest BCUT2D eigenvalue weighted by atomic mass is 35.5. The zero-order valence-corrected chi connectivity index (χ0v) is 18.8. The van der Waals surface area contributed by atoms with Gasteiger partial charge in [0.25, 0.3) is 0 Å². The van der Waals surface area contributed by atoms with Crippen molar-refractivity contribution in [3.63, 3.8) is 0 Å². The molecular weight excluding hydrogens is 483 g/mol. The highest BCUT2D eigenvalue weighted by Gasteiger charge is 2.26. The first kappa shape index (κ1) is 22.1. The number of carboxylic acids is 1. The minimum absolute atomic E-state index is 0.0590. The molecule has 0 bridgehead atoms. The number of imidazole rings is 1. The van der Waals surface area contributed by atoms with E-state index in [1.165, 1.54) is 10.9 Å². The quantitative estimate of drug-likeness (QED) is 0.273. The number of aromatic carboxylic acids is 1. The summed E-state index contributed by atoms with van der Waals surface area (Å²) in [6, 6.07) is 16.2. The number of benzene rings is 3. The summed E-state index contributed by atoms with van der Waals surface area (Å²) < 4.78 is 30.8. The lowest BCUT2D eigenvalue weighted by atomic mass is 10.0. The molecule has 9 heteroatoms. The number of aromatic nitrogens is 3. The number of halogens is 4. The van der Waals surface area contributed by atoms with Gasteiger partial charge in [0.2, 0.25) is 0 Å². The van der Waals surface area contributed by atoms with Crippen LogP contribution < -0.4 is 0 Å². The fourth-order valence-corrected chi connectivity index (χ4v) is 4.40. The van der Waals surface area contributed by atoms with E-state index < -0.39 is 17.6 Å². The lowest BCUT2D eigenvalue weighted by molar-refractivity contribution is 0.0692. The molecule has 0 unspecified atom stereocenters. The van der Waals surface area contributed by atoms with Gasteiger partial charge in [0.05, 0.1) is 24.3 Å². The number of carboxylic acid groups (broad SMARTS) is 1. The smallest absolute Gasteiger partial charge is 0.353 e. The van der Waals surface area contributed by atoms with Crippen LogP contribution in [0.5, 0.6) is 0 Å². The van der Waals surface area contributed by atoms with Gasteiger partial charge in [-0.25, -0.2) is 18.6 Å². The van der Waals surface area contributed by atoms with E-state index in [0.717, 1.165) is 12.1 Å². The van der Waals surface area contributed by atoms with Crippen LogP contribution in [0.3, 0.4) is 0 Å². The van der Waals surface area contributed by atoms with Crippen LogP contribution >= 0.6 is 23.2 Å². The second-order valence-electron chi connectivity index (χ2n) is 7.65. The second kappa shape index (κ2) is 8.59. The average Bonchev–Trinajstić information content (AvgIpc) is 3.37. The Kier molecular flexibility index (Phi) is 5.59. The third-order valence-electron chi connectivity index (χ3n) is 5.53. The zero-order chi connectivity index (χ0) is 24.0. The zero-order valence-electron chi connectivity index (χ0n) is 17.3. The summed E-state index contributed by atoms with van der Waals surface area (Å²) in [6.45, 7) is -0.233. The van der Waals surface area contributed by atoms with Crippen molar-refractivity contribution in [2.75, 3.05) is 0 Å². The first-order chi connectivity index (χ1) is 16.3. The number of hydrogen-bond acceptors (Lipinski definition) is 2. The van der Waals surface area contributed by atoms with Gasteiger partial charge in [-0.05, 0) is 24.3 Å². The van der Waals surface area contributed by atoms with Gasteiger partial charge in [0, 0.05) is 37.6 Å². The highest BCUT2D eigenvalue weighted by Crippen LogP contribution is 2.39. The Morgan fingerprint density at radius 2 is 1.71 bits per heavy atom. The first-order valence-corrected chi connectivity index (χ1v) is 10.9. The molecule has 170 valence electrons. The third-order valence-corrected chi connectivity index (χ3v) is 5.98. The van der Waals surface area contributed by atoms with E-state index >= 15 is 0 Å². The van der Waals surface area contributed by atoms with Crippen molar-refractivity contribution in [2.45, 2.75) is 6.54 Å². The van der Waals surface area contributed by atoms with Crippen LogP contribution in [0.25, 0.3) is 33.4 Å². The lowest BCUT2D eigenvalue weighted by Crippen LogP contribution is -2.07. The average molecular weight is 498 g/mol. The lowest BCUT2D eigenvalue weighted by Gasteiger charge is -2.13. The molecule has 0 amide bonds. The number of carbonyl (C=O) groups is 1. The standard InChI is InChI=1S/C25H15Cl2F2N3O2/c26-14-6-7-16-20(10-14)31-23(25(33)34)21(16)24-22(13-4-2-1-3-5-13)30-12-32(24)11-17-18(28)8-15(27)9-19(17)29/h1-10,12,31H,11H2,(H,33,34). The van der Waals surface area contributed by atoms with Crippen molar-refractivity contribution in [1.29, 1.82) is 0 Å². The Morgan fingerprint density at radius 3 is 2.38 bits per heavy atom. The number of nitrogens with one attached hydrogen (secondary N) is 1. The SMILES string of the molecule is O=C(O)c1[nH]c2cc(Cl)ccc2c1-c1c(-c2ccccc2)ncn1Cc1c(F)cc(Cl)cc1F. The van der Waals surface area contributed by atoms with Gasteiger partial charge in [-0.1, -0.05) is 59.6 Å². The number of nitrogens with zero attached hydrogens (tertiary/aromatic N) is 2. The Bertz CT molecular complexity index is 1540. The third kappa shape index (κ3) is 3.83. The van der Waals surface area contributed by atoms with Crippen molar-refractivity contribution in [3.05, 3.63) is 99.9 Å². The van der Waals surface area contributed by atoms with Crippen molar-refractivity contribution in [3.8, 4) is 22.5 Å². The number of rotatable bonds is 5. The minimum atomic E-state index is -1.20. The van der Waals surface area contributed by atoms with Gasteiger partial charge in [-0.15, -0.1) is 0 Å². The normalized spacial score (nSPS) is 11.3. The monoisotopic (exact) mass is 497 g/mol. The Morgan fingerprint density at radius 1 is 1.00 bits per heavy atom. The van der Waals surface area contributed by atoms with Crippen LogP contribution in [-0.4, -0.2) is 25.6 Å². The largest absolute Gasteiger partial charge is 0.477 e. The molecule has 0 saturated heterocycles. The van der Waals surface area contributed by atoms with E-state index in [1.807, 2.05) is 30.3 Å². The van der Waals surface area contributed by atoms with Gasteiger partial charge in [-0.2, -0.15) is 0 Å². The van der Waals surface area contributed by atoms with Crippen molar-refractivity contribution >= 4 is 40.1 Å². The maximum atomic E-state index is 14.6. The second-order valence-corrected chi connectivity index (χ2v) is 8.53. The van der Waals surface area contributed by atoms with Crippen LogP contribution in [0.1, 0.15) is 16.1 Å².